The highest BCUT2D eigenvalue weighted by Crippen LogP contribution is 2.33. The van der Waals surface area contributed by atoms with Gasteiger partial charge in [-0.3, -0.25) is 19.5 Å². The molecule has 6 nitrogen and oxygen atoms in total. The highest BCUT2D eigenvalue weighted by molar-refractivity contribution is 6.25. The van der Waals surface area contributed by atoms with Crippen LogP contribution in [0.1, 0.15) is 31.8 Å². The third-order valence-corrected chi connectivity index (χ3v) is 5.09. The van der Waals surface area contributed by atoms with E-state index in [4.69, 9.17) is 5.26 Å². The molecule has 1 aliphatic rings. The molecular weight excluding hydrogens is 376 g/mol. The van der Waals surface area contributed by atoms with Crippen molar-refractivity contribution in [3.63, 3.8) is 0 Å². The molecule has 3 aromatic carbocycles. The number of hydrogen-bond acceptors (Lipinski definition) is 5. The van der Waals surface area contributed by atoms with Crippen molar-refractivity contribution in [3.05, 3.63) is 76.9 Å². The molecule has 0 spiro atoms. The lowest BCUT2D eigenvalue weighted by Crippen LogP contribution is -2.43. The van der Waals surface area contributed by atoms with Gasteiger partial charge in [-0.25, -0.2) is 0 Å². The van der Waals surface area contributed by atoms with Crippen molar-refractivity contribution in [2.24, 2.45) is 4.99 Å². The number of benzene rings is 3. The molecule has 4 rings (SSSR count). The van der Waals surface area contributed by atoms with Gasteiger partial charge in [0.05, 0.1) is 22.9 Å². The lowest BCUT2D eigenvalue weighted by atomic mass is 9.93. The minimum absolute atomic E-state index is 0.256. The predicted octanol–water partition coefficient (Wildman–Crippen LogP) is 3.62. The van der Waals surface area contributed by atoms with E-state index in [1.807, 2.05) is 49.3 Å². The first-order valence-corrected chi connectivity index (χ1v) is 9.60. The van der Waals surface area contributed by atoms with Crippen molar-refractivity contribution in [2.75, 3.05) is 27.2 Å². The van der Waals surface area contributed by atoms with Crippen LogP contribution < -0.4 is 0 Å². The van der Waals surface area contributed by atoms with E-state index in [2.05, 4.69) is 11.1 Å². The first kappa shape index (κ1) is 19.5. The number of likely N-dealkylation sites (N-methyl/N-ethyl adjacent to an activating group) is 1. The number of rotatable bonds is 5. The number of imide groups is 1. The Hall–Kier alpha value is -3.82. The van der Waals surface area contributed by atoms with Crippen LogP contribution in [0.15, 0.2) is 59.6 Å². The molecule has 1 heterocycles. The molecule has 0 radical (unpaired) electrons. The van der Waals surface area contributed by atoms with Crippen molar-refractivity contribution in [2.45, 2.75) is 0 Å². The smallest absolute Gasteiger partial charge is 0.261 e. The first-order chi connectivity index (χ1) is 14.5. The topological polar surface area (TPSA) is 76.8 Å². The number of amides is 2. The second-order valence-electron chi connectivity index (χ2n) is 7.45. The van der Waals surface area contributed by atoms with E-state index in [1.54, 1.807) is 30.5 Å². The zero-order valence-electron chi connectivity index (χ0n) is 16.8. The van der Waals surface area contributed by atoms with E-state index in [1.165, 1.54) is 4.90 Å². The number of nitriles is 1. The summed E-state index contributed by atoms with van der Waals surface area (Å²) in [6.45, 7) is 0.929. The SMILES string of the molecule is CN(C)CCN1C(=O)c2cccc3cc(N=Cc4ccc(C#N)cc4)cc(c23)C1=O. The minimum atomic E-state index is -0.291. The molecule has 0 fully saturated rings. The van der Waals surface area contributed by atoms with Gasteiger partial charge >= 0.3 is 0 Å². The molecule has 0 unspecified atom stereocenters. The predicted molar refractivity (Wildman–Crippen MR) is 116 cm³/mol. The first-order valence-electron chi connectivity index (χ1n) is 9.60. The van der Waals surface area contributed by atoms with E-state index in [9.17, 15) is 9.59 Å². The van der Waals surface area contributed by atoms with Crippen molar-refractivity contribution in [3.8, 4) is 6.07 Å². The summed E-state index contributed by atoms with van der Waals surface area (Å²) in [4.78, 5) is 33.8. The van der Waals surface area contributed by atoms with Crippen LogP contribution in [0.3, 0.4) is 0 Å². The fourth-order valence-electron chi connectivity index (χ4n) is 3.51. The van der Waals surface area contributed by atoms with Crippen LogP contribution in [0.4, 0.5) is 5.69 Å². The molecule has 3 aromatic rings. The van der Waals surface area contributed by atoms with Crippen LogP contribution >= 0.6 is 0 Å². The lowest BCUT2D eigenvalue weighted by Gasteiger charge is -2.28. The van der Waals surface area contributed by atoms with Gasteiger partial charge < -0.3 is 4.90 Å². The third kappa shape index (κ3) is 3.59. The van der Waals surface area contributed by atoms with Crippen molar-refractivity contribution >= 4 is 34.5 Å². The second kappa shape index (κ2) is 7.90. The summed E-state index contributed by atoms with van der Waals surface area (Å²) in [5.41, 5.74) is 3.11. The lowest BCUT2D eigenvalue weighted by molar-refractivity contribution is 0.0601. The van der Waals surface area contributed by atoms with Gasteiger partial charge in [0.15, 0.2) is 0 Å². The van der Waals surface area contributed by atoms with Crippen molar-refractivity contribution in [1.82, 2.24) is 9.80 Å². The Morgan fingerprint density at radius 1 is 1.03 bits per heavy atom. The Balaban J connectivity index is 1.74. The van der Waals surface area contributed by atoms with Gasteiger partial charge in [-0.15, -0.1) is 0 Å². The molecule has 1 aliphatic heterocycles. The van der Waals surface area contributed by atoms with Crippen LogP contribution in [-0.4, -0.2) is 55.0 Å². The molecule has 0 N–H and O–H groups in total. The summed E-state index contributed by atoms with van der Waals surface area (Å²) in [6, 6.07) is 18.3. The highest BCUT2D eigenvalue weighted by atomic mass is 16.2. The fraction of sp³-hybridized carbons (Fsp3) is 0.167. The minimum Gasteiger partial charge on any atom is -0.308 e. The molecule has 0 saturated carbocycles. The highest BCUT2D eigenvalue weighted by Gasteiger charge is 2.32. The number of carbonyl (C=O) groups excluding carboxylic acids is 2. The van der Waals surface area contributed by atoms with E-state index in [0.29, 0.717) is 40.9 Å². The Labute approximate surface area is 174 Å². The van der Waals surface area contributed by atoms with Gasteiger partial charge in [0, 0.05) is 30.3 Å². The average Bonchev–Trinajstić information content (AvgIpc) is 2.75. The molecule has 6 heteroatoms. The molecule has 0 bridgehead atoms. The Bertz CT molecular complexity index is 1220. The number of nitrogens with zero attached hydrogens (tertiary/aromatic N) is 4. The number of carbonyl (C=O) groups is 2. The van der Waals surface area contributed by atoms with Gasteiger partial charge in [0.25, 0.3) is 11.8 Å². The maximum absolute atomic E-state index is 13.1. The van der Waals surface area contributed by atoms with Gasteiger partial charge in [0.1, 0.15) is 0 Å². The summed E-state index contributed by atoms with van der Waals surface area (Å²) in [5, 5.41) is 10.4. The van der Waals surface area contributed by atoms with E-state index >= 15 is 0 Å². The largest absolute Gasteiger partial charge is 0.308 e. The quantitative estimate of drug-likeness (QED) is 0.488. The Kier molecular flexibility index (Phi) is 5.13. The summed E-state index contributed by atoms with van der Waals surface area (Å²) >= 11 is 0. The van der Waals surface area contributed by atoms with E-state index in [-0.39, 0.29) is 11.8 Å². The molecule has 148 valence electrons. The molecule has 0 aromatic heterocycles. The normalized spacial score (nSPS) is 13.5. The van der Waals surface area contributed by atoms with Gasteiger partial charge in [-0.1, -0.05) is 24.3 Å². The van der Waals surface area contributed by atoms with Crippen LogP contribution in [0.5, 0.6) is 0 Å². The number of hydrogen-bond donors (Lipinski definition) is 0. The summed E-state index contributed by atoms with van der Waals surface area (Å²) in [6.07, 6.45) is 1.70. The zero-order valence-corrected chi connectivity index (χ0v) is 16.8. The molecule has 30 heavy (non-hydrogen) atoms. The maximum atomic E-state index is 13.1. The Morgan fingerprint density at radius 2 is 1.77 bits per heavy atom. The summed E-state index contributed by atoms with van der Waals surface area (Å²) in [7, 11) is 3.81. The monoisotopic (exact) mass is 396 g/mol. The summed E-state index contributed by atoms with van der Waals surface area (Å²) < 4.78 is 0. The Morgan fingerprint density at radius 3 is 2.47 bits per heavy atom. The molecule has 0 aliphatic carbocycles. The van der Waals surface area contributed by atoms with E-state index in [0.717, 1.165) is 10.9 Å². The molecular formula is C24H20N4O2. The third-order valence-electron chi connectivity index (χ3n) is 5.09. The van der Waals surface area contributed by atoms with Crippen LogP contribution in [-0.2, 0) is 0 Å². The zero-order chi connectivity index (χ0) is 21.3. The van der Waals surface area contributed by atoms with Crippen LogP contribution in [0, 0.1) is 11.3 Å². The molecule has 0 saturated heterocycles. The van der Waals surface area contributed by atoms with Gasteiger partial charge in [0.2, 0.25) is 0 Å². The van der Waals surface area contributed by atoms with E-state index < -0.39 is 0 Å². The fourth-order valence-corrected chi connectivity index (χ4v) is 3.51. The standard InChI is InChI=1S/C24H20N4O2/c1-27(2)10-11-28-23(29)20-5-3-4-18-12-19(13-21(22(18)20)24(28)30)26-15-17-8-6-16(14-25)7-9-17/h3-9,12-13,15H,10-11H2,1-2H3. The average molecular weight is 396 g/mol. The second-order valence-corrected chi connectivity index (χ2v) is 7.45. The molecule has 2 amide bonds. The number of aliphatic imine (C=N–C) groups is 1. The maximum Gasteiger partial charge on any atom is 0.261 e. The van der Waals surface area contributed by atoms with Crippen molar-refractivity contribution < 1.29 is 9.59 Å². The van der Waals surface area contributed by atoms with Crippen LogP contribution in [0.2, 0.25) is 0 Å². The van der Waals surface area contributed by atoms with Crippen LogP contribution in [0.25, 0.3) is 10.8 Å². The summed E-state index contributed by atoms with van der Waals surface area (Å²) in [5.74, 6) is -0.547. The molecule has 0 atom stereocenters. The van der Waals surface area contributed by atoms with Gasteiger partial charge in [-0.05, 0) is 55.4 Å². The van der Waals surface area contributed by atoms with Gasteiger partial charge in [-0.2, -0.15) is 5.26 Å². The van der Waals surface area contributed by atoms with Crippen molar-refractivity contribution in [1.29, 1.82) is 5.26 Å².